The molecule has 0 aromatic carbocycles. The third kappa shape index (κ3) is 1.93. The molecule has 0 unspecified atom stereocenters. The van der Waals surface area contributed by atoms with Crippen LogP contribution in [0.1, 0.15) is 5.69 Å². The molecule has 0 fully saturated rings. The molecule has 0 aliphatic carbocycles. The first-order chi connectivity index (χ1) is 6.27. The topological polar surface area (TPSA) is 25.8 Å². The lowest BCUT2D eigenvalue weighted by Crippen LogP contribution is -2.35. The van der Waals surface area contributed by atoms with Gasteiger partial charge in [0.05, 0.1) is 0 Å². The van der Waals surface area contributed by atoms with Crippen LogP contribution < -0.4 is 0 Å². The van der Waals surface area contributed by atoms with Crippen molar-refractivity contribution >= 4 is 22.6 Å². The van der Waals surface area contributed by atoms with Crippen LogP contribution in [0.4, 0.5) is 22.0 Å². The highest BCUT2D eigenvalue weighted by Gasteiger charge is 2.61. The Bertz CT molecular complexity index is 337. The molecular formula is C6H2F5IN2. The van der Waals surface area contributed by atoms with Crippen LogP contribution in [0.25, 0.3) is 0 Å². The maximum atomic E-state index is 12.7. The molecule has 14 heavy (non-hydrogen) atoms. The van der Waals surface area contributed by atoms with Crippen LogP contribution in [0.3, 0.4) is 0 Å². The highest BCUT2D eigenvalue weighted by molar-refractivity contribution is 14.1. The Morgan fingerprint density at radius 2 is 1.50 bits per heavy atom. The van der Waals surface area contributed by atoms with E-state index in [1.165, 1.54) is 22.6 Å². The number of rotatable bonds is 1. The maximum absolute atomic E-state index is 12.7. The fraction of sp³-hybridized carbons (Fsp3) is 0.333. The summed E-state index contributed by atoms with van der Waals surface area (Å²) in [6, 6.07) is 0. The van der Waals surface area contributed by atoms with Crippen LogP contribution >= 0.6 is 22.6 Å². The molecule has 1 heterocycles. The zero-order chi connectivity index (χ0) is 11.0. The van der Waals surface area contributed by atoms with Crippen molar-refractivity contribution in [1.29, 1.82) is 0 Å². The van der Waals surface area contributed by atoms with E-state index in [-0.39, 0.29) is 0 Å². The summed E-state index contributed by atoms with van der Waals surface area (Å²) in [5, 5.41) is 0. The number of halogens is 6. The van der Waals surface area contributed by atoms with Crippen LogP contribution in [-0.2, 0) is 5.92 Å². The molecule has 1 rings (SSSR count). The van der Waals surface area contributed by atoms with Gasteiger partial charge in [-0.3, -0.25) is 4.98 Å². The first kappa shape index (κ1) is 11.5. The fourth-order valence-electron chi connectivity index (χ4n) is 0.666. The molecule has 0 N–H and O–H groups in total. The van der Waals surface area contributed by atoms with Crippen molar-refractivity contribution in [2.75, 3.05) is 0 Å². The lowest BCUT2D eigenvalue weighted by Gasteiger charge is -2.18. The van der Waals surface area contributed by atoms with Crippen LogP contribution in [0.5, 0.6) is 0 Å². The van der Waals surface area contributed by atoms with Crippen molar-refractivity contribution in [3.05, 3.63) is 21.8 Å². The SMILES string of the molecule is FC(F)(F)C(F)(F)c1nccnc1I. The molecule has 0 aliphatic heterocycles. The molecule has 0 bridgehead atoms. The van der Waals surface area contributed by atoms with Gasteiger partial charge in [-0.05, 0) is 22.6 Å². The number of hydrogen-bond acceptors (Lipinski definition) is 2. The third-order valence-electron chi connectivity index (χ3n) is 1.31. The van der Waals surface area contributed by atoms with Crippen LogP contribution in [0.15, 0.2) is 12.4 Å². The fourth-order valence-corrected chi connectivity index (χ4v) is 1.30. The van der Waals surface area contributed by atoms with Crippen molar-refractivity contribution in [1.82, 2.24) is 9.97 Å². The van der Waals surface area contributed by atoms with E-state index in [4.69, 9.17) is 0 Å². The minimum atomic E-state index is -5.65. The monoisotopic (exact) mass is 324 g/mol. The van der Waals surface area contributed by atoms with E-state index in [1.54, 1.807) is 0 Å². The lowest BCUT2D eigenvalue weighted by atomic mass is 10.2. The molecule has 1 aromatic heterocycles. The van der Waals surface area contributed by atoms with E-state index in [2.05, 4.69) is 9.97 Å². The summed E-state index contributed by atoms with van der Waals surface area (Å²) in [6.07, 6.45) is -3.82. The van der Waals surface area contributed by atoms with E-state index in [9.17, 15) is 22.0 Å². The highest BCUT2D eigenvalue weighted by Crippen LogP contribution is 2.43. The minimum Gasteiger partial charge on any atom is -0.250 e. The molecule has 0 radical (unpaired) electrons. The Morgan fingerprint density at radius 3 is 1.93 bits per heavy atom. The first-order valence-corrected chi connectivity index (χ1v) is 4.26. The van der Waals surface area contributed by atoms with Gasteiger partial charge in [0.15, 0.2) is 5.69 Å². The van der Waals surface area contributed by atoms with Gasteiger partial charge in [-0.1, -0.05) is 0 Å². The zero-order valence-electron chi connectivity index (χ0n) is 6.32. The summed E-state index contributed by atoms with van der Waals surface area (Å²) in [6.45, 7) is 0. The average Bonchev–Trinajstić information content (AvgIpc) is 2.02. The van der Waals surface area contributed by atoms with E-state index in [1.807, 2.05) is 0 Å². The second-order valence-electron chi connectivity index (χ2n) is 2.27. The van der Waals surface area contributed by atoms with Crippen LogP contribution in [0, 0.1) is 3.70 Å². The molecule has 0 atom stereocenters. The summed E-state index contributed by atoms with van der Waals surface area (Å²) in [4.78, 5) is 6.28. The Balaban J connectivity index is 3.23. The first-order valence-electron chi connectivity index (χ1n) is 3.18. The molecular weight excluding hydrogens is 322 g/mol. The summed E-state index contributed by atoms with van der Waals surface area (Å²) < 4.78 is 60.6. The van der Waals surface area contributed by atoms with Crippen molar-refractivity contribution in [2.24, 2.45) is 0 Å². The second kappa shape index (κ2) is 3.55. The van der Waals surface area contributed by atoms with E-state index in [0.717, 1.165) is 12.4 Å². The standard InChI is InChI=1S/C6H2F5IN2/c7-5(8,6(9,10)11)3-4(12)14-2-1-13-3/h1-2H. The van der Waals surface area contributed by atoms with Crippen LogP contribution in [0.2, 0.25) is 0 Å². The van der Waals surface area contributed by atoms with Gasteiger partial charge in [-0.25, -0.2) is 4.98 Å². The van der Waals surface area contributed by atoms with Crippen molar-refractivity contribution in [3.8, 4) is 0 Å². The highest BCUT2D eigenvalue weighted by atomic mass is 127. The molecule has 0 saturated heterocycles. The number of aromatic nitrogens is 2. The predicted octanol–water partition coefficient (Wildman–Crippen LogP) is 2.74. The normalized spacial score (nSPS) is 13.0. The summed E-state index contributed by atoms with van der Waals surface area (Å²) >= 11 is 1.27. The Morgan fingerprint density at radius 1 is 1.00 bits per heavy atom. The van der Waals surface area contributed by atoms with Crippen molar-refractivity contribution in [3.63, 3.8) is 0 Å². The van der Waals surface area contributed by atoms with Gasteiger partial charge in [-0.2, -0.15) is 22.0 Å². The molecule has 0 saturated carbocycles. The number of hydrogen-bond donors (Lipinski definition) is 0. The summed E-state index contributed by atoms with van der Waals surface area (Å²) in [5.41, 5.74) is -1.37. The minimum absolute atomic E-state index is 0.465. The van der Waals surface area contributed by atoms with E-state index in [0.29, 0.717) is 0 Å². The predicted molar refractivity (Wildman–Crippen MR) is 44.7 cm³/mol. The summed E-state index contributed by atoms with van der Waals surface area (Å²) in [5.74, 6) is -4.96. The van der Waals surface area contributed by atoms with Gasteiger partial charge in [0.1, 0.15) is 3.70 Å². The quantitative estimate of drug-likeness (QED) is 0.586. The van der Waals surface area contributed by atoms with Gasteiger partial charge < -0.3 is 0 Å². The Kier molecular flexibility index (Phi) is 2.93. The molecule has 78 valence electrons. The van der Waals surface area contributed by atoms with Gasteiger partial charge in [0.25, 0.3) is 0 Å². The molecule has 2 nitrogen and oxygen atoms in total. The van der Waals surface area contributed by atoms with Gasteiger partial charge in [0.2, 0.25) is 0 Å². The smallest absolute Gasteiger partial charge is 0.250 e. The second-order valence-corrected chi connectivity index (χ2v) is 3.29. The van der Waals surface area contributed by atoms with Crippen LogP contribution in [-0.4, -0.2) is 16.1 Å². The Hall–Kier alpha value is -0.540. The van der Waals surface area contributed by atoms with E-state index >= 15 is 0 Å². The lowest BCUT2D eigenvalue weighted by molar-refractivity contribution is -0.291. The molecule has 0 spiro atoms. The molecule has 1 aromatic rings. The van der Waals surface area contributed by atoms with Crippen molar-refractivity contribution < 1.29 is 22.0 Å². The molecule has 0 aliphatic rings. The summed E-state index contributed by atoms with van der Waals surface area (Å²) in [7, 11) is 0. The molecule has 8 heteroatoms. The number of alkyl halides is 5. The Labute approximate surface area is 88.7 Å². The number of nitrogens with zero attached hydrogens (tertiary/aromatic N) is 2. The van der Waals surface area contributed by atoms with E-state index < -0.39 is 21.5 Å². The van der Waals surface area contributed by atoms with Crippen molar-refractivity contribution in [2.45, 2.75) is 12.1 Å². The molecule has 0 amide bonds. The average molecular weight is 324 g/mol. The van der Waals surface area contributed by atoms with Gasteiger partial charge in [-0.15, -0.1) is 0 Å². The third-order valence-corrected chi connectivity index (χ3v) is 2.10. The maximum Gasteiger partial charge on any atom is 0.459 e. The largest absolute Gasteiger partial charge is 0.459 e. The zero-order valence-corrected chi connectivity index (χ0v) is 8.47. The van der Waals surface area contributed by atoms with Gasteiger partial charge >= 0.3 is 12.1 Å². The van der Waals surface area contributed by atoms with Gasteiger partial charge in [0, 0.05) is 12.4 Å².